The van der Waals surface area contributed by atoms with E-state index >= 15 is 0 Å². The summed E-state index contributed by atoms with van der Waals surface area (Å²) in [7, 11) is 0. The highest BCUT2D eigenvalue weighted by molar-refractivity contribution is 5.90. The molecule has 4 heteroatoms. The van der Waals surface area contributed by atoms with E-state index in [1.165, 1.54) is 6.20 Å². The highest BCUT2D eigenvalue weighted by Gasteiger charge is 2.01. The molecule has 0 aliphatic heterocycles. The number of nitrogens with zero attached hydrogens (tertiary/aromatic N) is 1. The standard InChI is InChI=1S/C10H12N2O2/c1-2-3-10(14)12-9-6-8(7-13)4-5-11-9/h4-7H,2-3H2,1H3,(H,11,12,14). The van der Waals surface area contributed by atoms with Gasteiger partial charge in [0.15, 0.2) is 0 Å². The number of amides is 1. The van der Waals surface area contributed by atoms with Crippen LogP contribution in [-0.2, 0) is 4.79 Å². The normalized spacial score (nSPS) is 9.50. The highest BCUT2D eigenvalue weighted by Crippen LogP contribution is 2.05. The number of aldehydes is 1. The molecule has 0 aliphatic carbocycles. The van der Waals surface area contributed by atoms with Crippen molar-refractivity contribution >= 4 is 18.0 Å². The molecule has 1 aromatic heterocycles. The van der Waals surface area contributed by atoms with Crippen molar-refractivity contribution in [3.63, 3.8) is 0 Å². The van der Waals surface area contributed by atoms with E-state index < -0.39 is 0 Å². The number of rotatable bonds is 4. The molecule has 1 rings (SSSR count). The molecule has 0 fully saturated rings. The van der Waals surface area contributed by atoms with Crippen molar-refractivity contribution in [1.82, 2.24) is 4.98 Å². The van der Waals surface area contributed by atoms with Gasteiger partial charge in [0.05, 0.1) is 0 Å². The predicted molar refractivity (Wildman–Crippen MR) is 53.2 cm³/mol. The average Bonchev–Trinajstić information content (AvgIpc) is 2.18. The third-order valence-corrected chi connectivity index (χ3v) is 1.66. The molecule has 1 N–H and O–H groups in total. The van der Waals surface area contributed by atoms with Gasteiger partial charge in [-0.05, 0) is 18.6 Å². The average molecular weight is 192 g/mol. The minimum absolute atomic E-state index is 0.0805. The number of hydrogen-bond acceptors (Lipinski definition) is 3. The van der Waals surface area contributed by atoms with Gasteiger partial charge in [-0.25, -0.2) is 4.98 Å². The molecule has 0 unspecified atom stereocenters. The van der Waals surface area contributed by atoms with Gasteiger partial charge in [-0.1, -0.05) is 6.92 Å². The summed E-state index contributed by atoms with van der Waals surface area (Å²) < 4.78 is 0. The van der Waals surface area contributed by atoms with Gasteiger partial charge in [-0.3, -0.25) is 9.59 Å². The lowest BCUT2D eigenvalue weighted by atomic mass is 10.3. The first kappa shape index (κ1) is 10.4. The highest BCUT2D eigenvalue weighted by atomic mass is 16.1. The van der Waals surface area contributed by atoms with E-state index in [4.69, 9.17) is 0 Å². The zero-order valence-corrected chi connectivity index (χ0v) is 7.99. The smallest absolute Gasteiger partial charge is 0.225 e. The lowest BCUT2D eigenvalue weighted by Crippen LogP contribution is -2.11. The van der Waals surface area contributed by atoms with Crippen molar-refractivity contribution in [1.29, 1.82) is 0 Å². The van der Waals surface area contributed by atoms with Crippen molar-refractivity contribution < 1.29 is 9.59 Å². The second-order valence-corrected chi connectivity index (χ2v) is 2.89. The molecule has 1 aromatic rings. The summed E-state index contributed by atoms with van der Waals surface area (Å²) in [5, 5.41) is 2.61. The molecule has 74 valence electrons. The van der Waals surface area contributed by atoms with Crippen LogP contribution in [0, 0.1) is 0 Å². The Kier molecular flexibility index (Phi) is 3.79. The molecule has 0 spiro atoms. The fourth-order valence-electron chi connectivity index (χ4n) is 1.02. The molecular weight excluding hydrogens is 180 g/mol. The van der Waals surface area contributed by atoms with Gasteiger partial charge < -0.3 is 5.32 Å². The van der Waals surface area contributed by atoms with Gasteiger partial charge >= 0.3 is 0 Å². The van der Waals surface area contributed by atoms with Crippen LogP contribution in [0.15, 0.2) is 18.3 Å². The maximum absolute atomic E-state index is 11.2. The number of anilines is 1. The number of pyridine rings is 1. The number of carbonyl (C=O) groups is 2. The summed E-state index contributed by atoms with van der Waals surface area (Å²) in [5.74, 6) is 0.344. The SMILES string of the molecule is CCCC(=O)Nc1cc(C=O)ccn1. The van der Waals surface area contributed by atoms with Crippen LogP contribution >= 0.6 is 0 Å². The van der Waals surface area contributed by atoms with Crippen molar-refractivity contribution in [3.8, 4) is 0 Å². The van der Waals surface area contributed by atoms with Crippen LogP contribution in [0.2, 0.25) is 0 Å². The molecule has 0 atom stereocenters. The minimum atomic E-state index is -0.0805. The summed E-state index contributed by atoms with van der Waals surface area (Å²) >= 11 is 0. The van der Waals surface area contributed by atoms with E-state index in [0.29, 0.717) is 17.8 Å². The summed E-state index contributed by atoms with van der Waals surface area (Å²) in [5.41, 5.74) is 0.506. The Morgan fingerprint density at radius 3 is 3.07 bits per heavy atom. The van der Waals surface area contributed by atoms with Gasteiger partial charge in [-0.2, -0.15) is 0 Å². The molecule has 0 bridgehead atoms. The van der Waals surface area contributed by atoms with Crippen molar-refractivity contribution in [3.05, 3.63) is 23.9 Å². The Morgan fingerprint density at radius 1 is 1.64 bits per heavy atom. The maximum atomic E-state index is 11.2. The third-order valence-electron chi connectivity index (χ3n) is 1.66. The summed E-state index contributed by atoms with van der Waals surface area (Å²) in [6.07, 6.45) is 3.47. The number of aromatic nitrogens is 1. The molecule has 1 amide bonds. The topological polar surface area (TPSA) is 59.1 Å². The Morgan fingerprint density at radius 2 is 2.43 bits per heavy atom. The van der Waals surface area contributed by atoms with Crippen LogP contribution < -0.4 is 5.32 Å². The van der Waals surface area contributed by atoms with E-state index in [0.717, 1.165) is 12.7 Å². The van der Waals surface area contributed by atoms with Crippen LogP contribution in [0.5, 0.6) is 0 Å². The molecule has 0 aromatic carbocycles. The molecular formula is C10H12N2O2. The monoisotopic (exact) mass is 192 g/mol. The van der Waals surface area contributed by atoms with Gasteiger partial charge in [0.1, 0.15) is 12.1 Å². The van der Waals surface area contributed by atoms with Crippen LogP contribution in [0.4, 0.5) is 5.82 Å². The van der Waals surface area contributed by atoms with E-state index in [1.807, 2.05) is 6.92 Å². The minimum Gasteiger partial charge on any atom is -0.311 e. The van der Waals surface area contributed by atoms with E-state index in [2.05, 4.69) is 10.3 Å². The van der Waals surface area contributed by atoms with Crippen LogP contribution in [0.3, 0.4) is 0 Å². The Labute approximate surface area is 82.3 Å². The van der Waals surface area contributed by atoms with Crippen molar-refractivity contribution in [2.75, 3.05) is 5.32 Å². The van der Waals surface area contributed by atoms with Crippen LogP contribution in [-0.4, -0.2) is 17.2 Å². The quantitative estimate of drug-likeness (QED) is 0.737. The molecule has 0 saturated carbocycles. The Bertz CT molecular complexity index is 337. The zero-order chi connectivity index (χ0) is 10.4. The first-order chi connectivity index (χ1) is 6.76. The lowest BCUT2D eigenvalue weighted by molar-refractivity contribution is -0.116. The van der Waals surface area contributed by atoms with E-state index in [-0.39, 0.29) is 5.91 Å². The summed E-state index contributed by atoms with van der Waals surface area (Å²) in [6, 6.07) is 3.13. The van der Waals surface area contributed by atoms with Gasteiger partial charge in [0, 0.05) is 18.2 Å². The van der Waals surface area contributed by atoms with Crippen LogP contribution in [0.1, 0.15) is 30.1 Å². The molecule has 0 saturated heterocycles. The van der Waals surface area contributed by atoms with Crippen LogP contribution in [0.25, 0.3) is 0 Å². The maximum Gasteiger partial charge on any atom is 0.225 e. The zero-order valence-electron chi connectivity index (χ0n) is 7.99. The molecule has 14 heavy (non-hydrogen) atoms. The number of nitrogens with one attached hydrogen (secondary N) is 1. The second-order valence-electron chi connectivity index (χ2n) is 2.89. The first-order valence-electron chi connectivity index (χ1n) is 4.47. The van der Waals surface area contributed by atoms with Gasteiger partial charge in [0.2, 0.25) is 5.91 Å². The molecule has 0 aliphatic rings. The van der Waals surface area contributed by atoms with E-state index in [9.17, 15) is 9.59 Å². The first-order valence-corrected chi connectivity index (χ1v) is 4.47. The van der Waals surface area contributed by atoms with Gasteiger partial charge in [0.25, 0.3) is 0 Å². The summed E-state index contributed by atoms with van der Waals surface area (Å²) in [6.45, 7) is 1.93. The second kappa shape index (κ2) is 5.11. The van der Waals surface area contributed by atoms with Gasteiger partial charge in [-0.15, -0.1) is 0 Å². The third kappa shape index (κ3) is 2.97. The lowest BCUT2D eigenvalue weighted by Gasteiger charge is -2.02. The van der Waals surface area contributed by atoms with Crippen molar-refractivity contribution in [2.24, 2.45) is 0 Å². The molecule has 1 heterocycles. The Balaban J connectivity index is 2.66. The summed E-state index contributed by atoms with van der Waals surface area (Å²) in [4.78, 5) is 25.5. The fourth-order valence-corrected chi connectivity index (χ4v) is 1.02. The Hall–Kier alpha value is -1.71. The molecule has 0 radical (unpaired) electrons. The van der Waals surface area contributed by atoms with E-state index in [1.54, 1.807) is 12.1 Å². The largest absolute Gasteiger partial charge is 0.311 e. The molecule has 4 nitrogen and oxygen atoms in total. The number of carbonyl (C=O) groups excluding carboxylic acids is 2. The predicted octanol–water partition coefficient (Wildman–Crippen LogP) is 1.63. The number of hydrogen-bond donors (Lipinski definition) is 1. The van der Waals surface area contributed by atoms with Crippen molar-refractivity contribution in [2.45, 2.75) is 19.8 Å². The fraction of sp³-hybridized carbons (Fsp3) is 0.300.